The number of aliphatic hydroxyl groups is 2. The van der Waals surface area contributed by atoms with Crippen molar-refractivity contribution in [3.05, 3.63) is 0 Å². The summed E-state index contributed by atoms with van der Waals surface area (Å²) in [5.74, 6) is -1.86. The maximum atomic E-state index is 10.9. The highest BCUT2D eigenvalue weighted by Crippen LogP contribution is 2.49. The van der Waals surface area contributed by atoms with Gasteiger partial charge >= 0.3 is 5.97 Å². The number of hydrogen-bond acceptors (Lipinski definition) is 4. The lowest BCUT2D eigenvalue weighted by Gasteiger charge is -2.36. The van der Waals surface area contributed by atoms with Gasteiger partial charge in [-0.1, -0.05) is 0 Å². The highest BCUT2D eigenvalue weighted by Gasteiger charge is 2.63. The normalized spacial score (nSPS) is 54.1. The first-order chi connectivity index (χ1) is 5.98. The van der Waals surface area contributed by atoms with Gasteiger partial charge in [-0.25, -0.2) is 0 Å². The van der Waals surface area contributed by atoms with Gasteiger partial charge in [0.05, 0.1) is 12.2 Å². The fourth-order valence-electron chi connectivity index (χ4n) is 2.72. The molecule has 0 saturated heterocycles. The molecule has 0 spiro atoms. The molecule has 74 valence electrons. The Kier molecular flexibility index (Phi) is 1.67. The fourth-order valence-corrected chi connectivity index (χ4v) is 2.72. The molecule has 5 N–H and O–H groups in total. The quantitative estimate of drug-likeness (QED) is 0.401. The van der Waals surface area contributed by atoms with E-state index >= 15 is 0 Å². The van der Waals surface area contributed by atoms with E-state index in [0.29, 0.717) is 12.8 Å². The average Bonchev–Trinajstić information content (AvgIpc) is 2.52. The molecule has 0 aromatic heterocycles. The van der Waals surface area contributed by atoms with Crippen LogP contribution in [0.2, 0.25) is 0 Å². The zero-order chi connectivity index (χ0) is 9.80. The van der Waals surface area contributed by atoms with Crippen molar-refractivity contribution in [1.82, 2.24) is 0 Å². The first kappa shape index (κ1) is 8.93. The zero-order valence-corrected chi connectivity index (χ0v) is 7.05. The molecular weight excluding hydrogens is 174 g/mol. The van der Waals surface area contributed by atoms with Crippen molar-refractivity contribution in [2.45, 2.75) is 30.6 Å². The van der Waals surface area contributed by atoms with E-state index in [0.717, 1.165) is 0 Å². The SMILES string of the molecule is N[C@]1(C(=O)O)[C@H](O)[C@H]2C[C@@H](O)[C@@H]1C2. The van der Waals surface area contributed by atoms with E-state index in [2.05, 4.69) is 0 Å². The van der Waals surface area contributed by atoms with Gasteiger partial charge in [-0.15, -0.1) is 0 Å². The number of aliphatic hydroxyl groups excluding tert-OH is 2. The molecule has 2 saturated carbocycles. The van der Waals surface area contributed by atoms with E-state index < -0.39 is 29.6 Å². The third-order valence-electron chi connectivity index (χ3n) is 3.49. The Morgan fingerprint density at radius 1 is 1.38 bits per heavy atom. The molecule has 5 heteroatoms. The van der Waals surface area contributed by atoms with Crippen molar-refractivity contribution < 1.29 is 20.1 Å². The average molecular weight is 187 g/mol. The van der Waals surface area contributed by atoms with Gasteiger partial charge in [-0.2, -0.15) is 0 Å². The van der Waals surface area contributed by atoms with Gasteiger partial charge in [0.1, 0.15) is 5.54 Å². The Hall–Kier alpha value is -0.650. The summed E-state index contributed by atoms with van der Waals surface area (Å²) < 4.78 is 0. The predicted octanol–water partition coefficient (Wildman–Crippen LogP) is -1.47. The number of rotatable bonds is 1. The topological polar surface area (TPSA) is 104 Å². The van der Waals surface area contributed by atoms with E-state index in [1.54, 1.807) is 0 Å². The monoisotopic (exact) mass is 187 g/mol. The lowest BCUT2D eigenvalue weighted by atomic mass is 9.78. The van der Waals surface area contributed by atoms with Crippen LogP contribution in [-0.2, 0) is 4.79 Å². The van der Waals surface area contributed by atoms with Crippen LogP contribution in [0.5, 0.6) is 0 Å². The number of hydrogen-bond donors (Lipinski definition) is 4. The standard InChI is InChI=1S/C8H13NO4/c9-8(7(12)13)4-1-3(6(8)11)2-5(4)10/h3-6,10-11H,1-2,9H2,(H,12,13)/t3-,4+,5-,6-,8+/m1/s1. The van der Waals surface area contributed by atoms with Crippen LogP contribution in [0.1, 0.15) is 12.8 Å². The molecular formula is C8H13NO4. The first-order valence-electron chi connectivity index (χ1n) is 4.36. The maximum absolute atomic E-state index is 10.9. The van der Waals surface area contributed by atoms with Crippen molar-refractivity contribution in [1.29, 1.82) is 0 Å². The molecule has 5 atom stereocenters. The Balaban J connectivity index is 2.35. The van der Waals surface area contributed by atoms with E-state index in [9.17, 15) is 15.0 Å². The van der Waals surface area contributed by atoms with Crippen LogP contribution >= 0.6 is 0 Å². The number of carbonyl (C=O) groups is 1. The second-order valence-corrected chi connectivity index (χ2v) is 4.09. The van der Waals surface area contributed by atoms with Gasteiger partial charge in [0.2, 0.25) is 0 Å². The van der Waals surface area contributed by atoms with Gasteiger partial charge in [0, 0.05) is 5.92 Å². The second kappa shape index (κ2) is 2.43. The van der Waals surface area contributed by atoms with E-state index in [1.165, 1.54) is 0 Å². The van der Waals surface area contributed by atoms with Crippen molar-refractivity contribution >= 4 is 5.97 Å². The largest absolute Gasteiger partial charge is 0.480 e. The Labute approximate surface area is 75.2 Å². The maximum Gasteiger partial charge on any atom is 0.326 e. The smallest absolute Gasteiger partial charge is 0.326 e. The summed E-state index contributed by atoms with van der Waals surface area (Å²) >= 11 is 0. The summed E-state index contributed by atoms with van der Waals surface area (Å²) in [5, 5.41) is 28.0. The van der Waals surface area contributed by atoms with Crippen LogP contribution in [0.4, 0.5) is 0 Å². The Morgan fingerprint density at radius 3 is 2.38 bits per heavy atom. The van der Waals surface area contributed by atoms with Gasteiger partial charge in [0.15, 0.2) is 0 Å². The minimum atomic E-state index is -1.64. The summed E-state index contributed by atoms with van der Waals surface area (Å²) in [4.78, 5) is 10.9. The highest BCUT2D eigenvalue weighted by molar-refractivity contribution is 5.81. The van der Waals surface area contributed by atoms with Crippen molar-refractivity contribution in [2.24, 2.45) is 17.6 Å². The van der Waals surface area contributed by atoms with Gasteiger partial charge < -0.3 is 21.1 Å². The zero-order valence-electron chi connectivity index (χ0n) is 7.05. The van der Waals surface area contributed by atoms with E-state index in [1.807, 2.05) is 0 Å². The third kappa shape index (κ3) is 0.892. The van der Waals surface area contributed by atoms with Crippen LogP contribution in [0.15, 0.2) is 0 Å². The summed E-state index contributed by atoms with van der Waals surface area (Å²) in [5.41, 5.74) is 3.97. The molecule has 5 nitrogen and oxygen atoms in total. The molecule has 0 radical (unpaired) electrons. The van der Waals surface area contributed by atoms with Crippen molar-refractivity contribution in [3.8, 4) is 0 Å². The molecule has 2 fully saturated rings. The number of carboxylic acid groups (broad SMARTS) is 1. The van der Waals surface area contributed by atoms with Crippen LogP contribution in [-0.4, -0.2) is 39.0 Å². The number of aliphatic carboxylic acids is 1. The summed E-state index contributed by atoms with van der Waals surface area (Å²) in [6.45, 7) is 0. The Morgan fingerprint density at radius 2 is 2.00 bits per heavy atom. The van der Waals surface area contributed by atoms with Crippen molar-refractivity contribution in [2.75, 3.05) is 0 Å². The molecule has 0 aromatic rings. The summed E-state index contributed by atoms with van der Waals surface area (Å²) in [6, 6.07) is 0. The minimum absolute atomic E-state index is 0.152. The molecule has 2 bridgehead atoms. The van der Waals surface area contributed by atoms with Crippen LogP contribution in [0.25, 0.3) is 0 Å². The lowest BCUT2D eigenvalue weighted by molar-refractivity contribution is -0.154. The number of fused-ring (bicyclic) bond motifs is 2. The lowest BCUT2D eigenvalue weighted by Crippen LogP contribution is -2.63. The van der Waals surface area contributed by atoms with Crippen molar-refractivity contribution in [3.63, 3.8) is 0 Å². The van der Waals surface area contributed by atoms with E-state index in [-0.39, 0.29) is 5.92 Å². The molecule has 2 rings (SSSR count). The minimum Gasteiger partial charge on any atom is -0.480 e. The molecule has 0 aromatic carbocycles. The van der Waals surface area contributed by atoms with Gasteiger partial charge in [0.25, 0.3) is 0 Å². The molecule has 2 aliphatic rings. The molecule has 2 aliphatic carbocycles. The van der Waals surface area contributed by atoms with Gasteiger partial charge in [-0.3, -0.25) is 4.79 Å². The molecule has 0 unspecified atom stereocenters. The van der Waals surface area contributed by atoms with Crippen LogP contribution in [0.3, 0.4) is 0 Å². The molecule has 0 aliphatic heterocycles. The highest BCUT2D eigenvalue weighted by atomic mass is 16.4. The predicted molar refractivity (Wildman–Crippen MR) is 42.8 cm³/mol. The van der Waals surface area contributed by atoms with Crippen LogP contribution in [0, 0.1) is 11.8 Å². The van der Waals surface area contributed by atoms with E-state index in [4.69, 9.17) is 10.8 Å². The number of carboxylic acids is 1. The third-order valence-corrected chi connectivity index (χ3v) is 3.49. The Bertz CT molecular complexity index is 257. The molecule has 0 heterocycles. The summed E-state index contributed by atoms with van der Waals surface area (Å²) in [6.07, 6.45) is -0.698. The number of nitrogens with two attached hydrogens (primary N) is 1. The van der Waals surface area contributed by atoms with Crippen LogP contribution < -0.4 is 5.73 Å². The second-order valence-electron chi connectivity index (χ2n) is 4.09. The van der Waals surface area contributed by atoms with Gasteiger partial charge in [-0.05, 0) is 18.8 Å². The molecule has 0 amide bonds. The first-order valence-corrected chi connectivity index (χ1v) is 4.36. The fraction of sp³-hybridized carbons (Fsp3) is 0.875. The summed E-state index contributed by atoms with van der Waals surface area (Å²) in [7, 11) is 0. The molecule has 13 heavy (non-hydrogen) atoms.